The van der Waals surface area contributed by atoms with Crippen LogP contribution in [0.25, 0.3) is 11.0 Å². The van der Waals surface area contributed by atoms with Crippen molar-refractivity contribution in [3.63, 3.8) is 0 Å². The fourth-order valence-electron chi connectivity index (χ4n) is 3.77. The van der Waals surface area contributed by atoms with Crippen molar-refractivity contribution in [3.8, 4) is 0 Å². The molecule has 3 aromatic rings. The lowest BCUT2D eigenvalue weighted by molar-refractivity contribution is 0.0187. The van der Waals surface area contributed by atoms with E-state index in [1.54, 1.807) is 15.9 Å². The first-order chi connectivity index (χ1) is 14.3. The van der Waals surface area contributed by atoms with Gasteiger partial charge < -0.3 is 14.2 Å². The molecule has 1 aliphatic heterocycles. The summed E-state index contributed by atoms with van der Waals surface area (Å²) in [4.78, 5) is 31.3. The summed E-state index contributed by atoms with van der Waals surface area (Å²) in [6.07, 6.45) is 4.78. The molecule has 3 heterocycles. The highest BCUT2D eigenvalue weighted by Crippen LogP contribution is 2.26. The molecule has 0 unspecified atom stereocenters. The number of carbonyl (C=O) groups is 2. The van der Waals surface area contributed by atoms with E-state index in [2.05, 4.69) is 10.4 Å². The van der Waals surface area contributed by atoms with Crippen molar-refractivity contribution in [1.82, 2.24) is 19.1 Å². The average molecular weight is 409 g/mol. The first kappa shape index (κ1) is 20.0. The zero-order chi connectivity index (χ0) is 21.3. The zero-order valence-electron chi connectivity index (χ0n) is 17.5. The van der Waals surface area contributed by atoms with Gasteiger partial charge in [0.05, 0.1) is 11.0 Å². The number of para-hydroxylation sites is 2. The molecule has 1 aromatic carbocycles. The molecule has 8 nitrogen and oxygen atoms in total. The van der Waals surface area contributed by atoms with Crippen LogP contribution in [0.2, 0.25) is 0 Å². The van der Waals surface area contributed by atoms with E-state index in [1.165, 1.54) is 0 Å². The smallest absolute Gasteiger partial charge is 0.410 e. The Morgan fingerprint density at radius 3 is 2.57 bits per heavy atom. The Morgan fingerprint density at radius 1 is 1.10 bits per heavy atom. The summed E-state index contributed by atoms with van der Waals surface area (Å²) < 4.78 is 9.11. The maximum absolute atomic E-state index is 12.9. The van der Waals surface area contributed by atoms with Gasteiger partial charge >= 0.3 is 6.09 Å². The van der Waals surface area contributed by atoms with Crippen molar-refractivity contribution >= 4 is 23.0 Å². The van der Waals surface area contributed by atoms with E-state index in [0.29, 0.717) is 18.8 Å². The quantitative estimate of drug-likeness (QED) is 0.714. The Labute approximate surface area is 175 Å². The summed E-state index contributed by atoms with van der Waals surface area (Å²) in [5.41, 5.74) is 4.66. The van der Waals surface area contributed by atoms with Crippen molar-refractivity contribution in [3.05, 3.63) is 54.6 Å². The van der Waals surface area contributed by atoms with E-state index in [9.17, 15) is 9.59 Å². The molecular weight excluding hydrogens is 382 g/mol. The van der Waals surface area contributed by atoms with Gasteiger partial charge in [-0.15, -0.1) is 0 Å². The predicted molar refractivity (Wildman–Crippen MR) is 114 cm³/mol. The van der Waals surface area contributed by atoms with Crippen LogP contribution >= 0.6 is 0 Å². The van der Waals surface area contributed by atoms with Crippen LogP contribution in [-0.2, 0) is 4.74 Å². The van der Waals surface area contributed by atoms with E-state index in [0.717, 1.165) is 23.9 Å². The van der Waals surface area contributed by atoms with Gasteiger partial charge in [0.15, 0.2) is 0 Å². The third kappa shape index (κ3) is 4.17. The summed E-state index contributed by atoms with van der Waals surface area (Å²) in [5.74, 6) is -0.197. The molecule has 1 N–H and O–H groups in total. The van der Waals surface area contributed by atoms with Gasteiger partial charge in [-0.2, -0.15) is 0 Å². The molecule has 1 fully saturated rings. The summed E-state index contributed by atoms with van der Waals surface area (Å²) in [6.45, 7) is 6.81. The number of nitrogens with one attached hydrogen (secondary N) is 1. The highest BCUT2D eigenvalue weighted by atomic mass is 16.6. The third-order valence-corrected chi connectivity index (χ3v) is 5.20. The van der Waals surface area contributed by atoms with Gasteiger partial charge in [0, 0.05) is 25.3 Å². The standard InChI is InChI=1S/C22H27N5O3/c1-22(2,3)30-21(29)25-13-10-16(11-14-25)26-12-6-9-19(26)20(28)24-27-15-23-17-7-4-5-8-18(17)27/h4-9,12,15-16H,10-11,13-14H2,1-3H3,(H,24,28). The number of hydrogen-bond donors (Lipinski definition) is 1. The molecule has 4 rings (SSSR count). The second-order valence-electron chi connectivity index (χ2n) is 8.54. The summed E-state index contributed by atoms with van der Waals surface area (Å²) in [5, 5.41) is 0. The lowest BCUT2D eigenvalue weighted by Gasteiger charge is -2.34. The minimum Gasteiger partial charge on any atom is -0.444 e. The van der Waals surface area contributed by atoms with Crippen LogP contribution in [0.1, 0.15) is 50.1 Å². The predicted octanol–water partition coefficient (Wildman–Crippen LogP) is 3.79. The fraction of sp³-hybridized carbons (Fsp3) is 0.409. The number of likely N-dealkylation sites (tertiary alicyclic amines) is 1. The maximum Gasteiger partial charge on any atom is 0.410 e. The second-order valence-corrected chi connectivity index (χ2v) is 8.54. The van der Waals surface area contributed by atoms with Crippen LogP contribution in [-0.4, -0.2) is 49.8 Å². The second kappa shape index (κ2) is 7.85. The lowest BCUT2D eigenvalue weighted by Crippen LogP contribution is -2.42. The minimum absolute atomic E-state index is 0.152. The minimum atomic E-state index is -0.503. The molecule has 8 heteroatoms. The molecule has 0 aliphatic carbocycles. The number of aromatic nitrogens is 3. The number of fused-ring (bicyclic) bond motifs is 1. The summed E-state index contributed by atoms with van der Waals surface area (Å²) in [7, 11) is 0. The molecule has 158 valence electrons. The number of imidazole rings is 1. The van der Waals surface area contributed by atoms with Crippen LogP contribution in [0.15, 0.2) is 48.9 Å². The summed E-state index contributed by atoms with van der Waals surface area (Å²) >= 11 is 0. The Morgan fingerprint density at radius 2 is 1.83 bits per heavy atom. The number of amides is 2. The Bertz CT molecular complexity index is 1050. The van der Waals surface area contributed by atoms with Crippen LogP contribution in [0, 0.1) is 0 Å². The molecule has 0 spiro atoms. The van der Waals surface area contributed by atoms with E-state index in [-0.39, 0.29) is 18.0 Å². The van der Waals surface area contributed by atoms with E-state index in [1.807, 2.05) is 67.9 Å². The topological polar surface area (TPSA) is 81.4 Å². The third-order valence-electron chi connectivity index (χ3n) is 5.20. The molecule has 0 radical (unpaired) electrons. The number of carbonyl (C=O) groups excluding carboxylic acids is 2. The Kier molecular flexibility index (Phi) is 5.24. The number of piperidine rings is 1. The van der Waals surface area contributed by atoms with Gasteiger partial charge in [0.2, 0.25) is 0 Å². The number of hydrogen-bond acceptors (Lipinski definition) is 4. The SMILES string of the molecule is CC(C)(C)OC(=O)N1CCC(n2cccc2C(=O)Nn2cnc3ccccc32)CC1. The molecule has 1 saturated heterocycles. The highest BCUT2D eigenvalue weighted by Gasteiger charge is 2.28. The Balaban J connectivity index is 1.42. The van der Waals surface area contributed by atoms with Gasteiger partial charge in [-0.3, -0.25) is 10.2 Å². The van der Waals surface area contributed by atoms with E-state index >= 15 is 0 Å². The van der Waals surface area contributed by atoms with Crippen LogP contribution in [0.3, 0.4) is 0 Å². The van der Waals surface area contributed by atoms with Crippen molar-refractivity contribution < 1.29 is 14.3 Å². The van der Waals surface area contributed by atoms with Gasteiger partial charge in [0.1, 0.15) is 17.6 Å². The van der Waals surface area contributed by atoms with Crippen LogP contribution < -0.4 is 5.43 Å². The number of rotatable bonds is 3. The van der Waals surface area contributed by atoms with Gasteiger partial charge in [0.25, 0.3) is 5.91 Å². The first-order valence-electron chi connectivity index (χ1n) is 10.2. The largest absolute Gasteiger partial charge is 0.444 e. The van der Waals surface area contributed by atoms with Gasteiger partial charge in [-0.05, 0) is 57.9 Å². The molecule has 1 aliphatic rings. The lowest BCUT2D eigenvalue weighted by atomic mass is 10.0. The van der Waals surface area contributed by atoms with Crippen molar-refractivity contribution in [2.24, 2.45) is 0 Å². The zero-order valence-corrected chi connectivity index (χ0v) is 17.5. The molecule has 2 amide bonds. The molecule has 0 atom stereocenters. The van der Waals surface area contributed by atoms with Crippen molar-refractivity contribution in [2.75, 3.05) is 18.5 Å². The number of benzene rings is 1. The highest BCUT2D eigenvalue weighted by molar-refractivity contribution is 5.99. The summed E-state index contributed by atoms with van der Waals surface area (Å²) in [6, 6.07) is 11.5. The van der Waals surface area contributed by atoms with Gasteiger partial charge in [-0.1, -0.05) is 12.1 Å². The molecule has 2 aromatic heterocycles. The van der Waals surface area contributed by atoms with Gasteiger partial charge in [-0.25, -0.2) is 14.5 Å². The average Bonchev–Trinajstić information content (AvgIpc) is 3.34. The first-order valence-corrected chi connectivity index (χ1v) is 10.2. The van der Waals surface area contributed by atoms with E-state index in [4.69, 9.17) is 4.74 Å². The molecule has 0 saturated carbocycles. The molecule has 0 bridgehead atoms. The monoisotopic (exact) mass is 409 g/mol. The Hall–Kier alpha value is -3.29. The van der Waals surface area contributed by atoms with E-state index < -0.39 is 5.60 Å². The number of ether oxygens (including phenoxy) is 1. The normalized spacial score (nSPS) is 15.4. The molecule has 30 heavy (non-hydrogen) atoms. The van der Waals surface area contributed by atoms with Crippen LogP contribution in [0.4, 0.5) is 4.79 Å². The van der Waals surface area contributed by atoms with Crippen molar-refractivity contribution in [2.45, 2.75) is 45.3 Å². The van der Waals surface area contributed by atoms with Crippen molar-refractivity contribution in [1.29, 1.82) is 0 Å². The molecular formula is C22H27N5O3. The fourth-order valence-corrected chi connectivity index (χ4v) is 3.77. The van der Waals surface area contributed by atoms with Crippen LogP contribution in [0.5, 0.6) is 0 Å². The maximum atomic E-state index is 12.9. The number of nitrogens with zero attached hydrogens (tertiary/aromatic N) is 4.